The normalized spacial score (nSPS) is 21.5. The summed E-state index contributed by atoms with van der Waals surface area (Å²) >= 11 is 3.20. The van der Waals surface area contributed by atoms with Gasteiger partial charge < -0.3 is 5.32 Å². The van der Waals surface area contributed by atoms with Crippen molar-refractivity contribution < 1.29 is 8.78 Å². The molecule has 1 aromatic rings. The van der Waals surface area contributed by atoms with Crippen molar-refractivity contribution in [2.24, 2.45) is 5.92 Å². The molecule has 1 unspecified atom stereocenters. The van der Waals surface area contributed by atoms with Crippen LogP contribution in [0, 0.1) is 5.92 Å². The standard InChI is InChI=1S/C13H16BrF2N/c14-12-6-2-1-5-11(12)13(15,16)8-10-4-3-7-17-9-10/h1-2,5-6,10,17H,3-4,7-9H2. The second-order valence-corrected chi connectivity index (χ2v) is 5.46. The second kappa shape index (κ2) is 5.44. The maximum Gasteiger partial charge on any atom is 0.274 e. The van der Waals surface area contributed by atoms with E-state index >= 15 is 0 Å². The summed E-state index contributed by atoms with van der Waals surface area (Å²) in [4.78, 5) is 0. The van der Waals surface area contributed by atoms with Gasteiger partial charge in [-0.2, -0.15) is 0 Å². The summed E-state index contributed by atoms with van der Waals surface area (Å²) < 4.78 is 28.8. The molecule has 0 radical (unpaired) electrons. The summed E-state index contributed by atoms with van der Waals surface area (Å²) in [7, 11) is 0. The fraction of sp³-hybridized carbons (Fsp3) is 0.538. The van der Waals surface area contributed by atoms with E-state index in [4.69, 9.17) is 0 Å². The summed E-state index contributed by atoms with van der Waals surface area (Å²) in [6.45, 7) is 1.66. The van der Waals surface area contributed by atoms with Gasteiger partial charge in [-0.15, -0.1) is 0 Å². The third-order valence-corrected chi connectivity index (χ3v) is 3.90. The Bertz CT molecular complexity index is 375. The zero-order chi connectivity index (χ0) is 12.3. The maximum absolute atomic E-state index is 14.1. The summed E-state index contributed by atoms with van der Waals surface area (Å²) in [5, 5.41) is 3.18. The van der Waals surface area contributed by atoms with Crippen LogP contribution in [0.4, 0.5) is 8.78 Å². The number of piperidine rings is 1. The Morgan fingerprint density at radius 3 is 2.76 bits per heavy atom. The molecule has 0 amide bonds. The number of benzene rings is 1. The first-order chi connectivity index (χ1) is 8.09. The molecule has 4 heteroatoms. The van der Waals surface area contributed by atoms with Crippen LogP contribution in [0.2, 0.25) is 0 Å². The van der Waals surface area contributed by atoms with Crippen molar-refractivity contribution in [2.75, 3.05) is 13.1 Å². The molecule has 1 aliphatic heterocycles. The Labute approximate surface area is 109 Å². The van der Waals surface area contributed by atoms with Crippen LogP contribution in [0.25, 0.3) is 0 Å². The van der Waals surface area contributed by atoms with Crippen LogP contribution >= 0.6 is 15.9 Å². The predicted octanol–water partition coefficient (Wildman–Crippen LogP) is 3.93. The molecule has 1 aromatic carbocycles. The highest BCUT2D eigenvalue weighted by atomic mass is 79.9. The molecule has 94 valence electrons. The van der Waals surface area contributed by atoms with Crippen LogP contribution in [-0.2, 0) is 5.92 Å². The molecule has 0 aliphatic carbocycles. The molecule has 1 atom stereocenters. The summed E-state index contributed by atoms with van der Waals surface area (Å²) in [6, 6.07) is 6.58. The van der Waals surface area contributed by atoms with E-state index in [1.54, 1.807) is 18.2 Å². The van der Waals surface area contributed by atoms with Crippen molar-refractivity contribution in [3.63, 3.8) is 0 Å². The molecular weight excluding hydrogens is 288 g/mol. The lowest BCUT2D eigenvalue weighted by molar-refractivity contribution is -0.0324. The molecule has 1 aliphatic rings. The fourth-order valence-corrected chi connectivity index (χ4v) is 2.90. The van der Waals surface area contributed by atoms with E-state index < -0.39 is 5.92 Å². The van der Waals surface area contributed by atoms with Crippen LogP contribution in [0.1, 0.15) is 24.8 Å². The molecule has 2 rings (SSSR count). The summed E-state index contributed by atoms with van der Waals surface area (Å²) in [6.07, 6.45) is 1.83. The molecule has 1 N–H and O–H groups in total. The molecule has 1 heterocycles. The SMILES string of the molecule is FC(F)(CC1CCCNC1)c1ccccc1Br. The molecule has 1 nitrogen and oxygen atoms in total. The highest BCUT2D eigenvalue weighted by Crippen LogP contribution is 2.39. The van der Waals surface area contributed by atoms with Gasteiger partial charge in [0.15, 0.2) is 0 Å². The number of alkyl halides is 2. The molecule has 0 saturated carbocycles. The Balaban J connectivity index is 2.10. The van der Waals surface area contributed by atoms with Gasteiger partial charge in [-0.3, -0.25) is 0 Å². The van der Waals surface area contributed by atoms with Crippen LogP contribution in [0.15, 0.2) is 28.7 Å². The van der Waals surface area contributed by atoms with Crippen molar-refractivity contribution in [2.45, 2.75) is 25.2 Å². The van der Waals surface area contributed by atoms with Gasteiger partial charge in [0.25, 0.3) is 5.92 Å². The van der Waals surface area contributed by atoms with Gasteiger partial charge in [-0.25, -0.2) is 8.78 Å². The number of hydrogen-bond acceptors (Lipinski definition) is 1. The van der Waals surface area contributed by atoms with Gasteiger partial charge in [0.1, 0.15) is 0 Å². The maximum atomic E-state index is 14.1. The van der Waals surface area contributed by atoms with E-state index in [1.807, 2.05) is 0 Å². The minimum atomic E-state index is -2.75. The molecule has 0 aromatic heterocycles. The molecule has 0 spiro atoms. The van der Waals surface area contributed by atoms with E-state index in [0.717, 1.165) is 19.4 Å². The minimum absolute atomic E-state index is 0.0669. The lowest BCUT2D eigenvalue weighted by Gasteiger charge is -2.27. The molecule has 1 fully saturated rings. The number of nitrogens with one attached hydrogen (secondary N) is 1. The largest absolute Gasteiger partial charge is 0.316 e. The van der Waals surface area contributed by atoms with E-state index in [0.29, 0.717) is 11.0 Å². The Morgan fingerprint density at radius 1 is 1.35 bits per heavy atom. The number of rotatable bonds is 3. The highest BCUT2D eigenvalue weighted by molar-refractivity contribution is 9.10. The number of halogens is 3. The van der Waals surface area contributed by atoms with Crippen LogP contribution < -0.4 is 5.32 Å². The zero-order valence-electron chi connectivity index (χ0n) is 9.56. The molecular formula is C13H16BrF2N. The summed E-state index contributed by atoms with van der Waals surface area (Å²) in [5.41, 5.74) is 0.102. The average molecular weight is 304 g/mol. The first-order valence-electron chi connectivity index (χ1n) is 5.93. The van der Waals surface area contributed by atoms with Crippen molar-refractivity contribution in [1.29, 1.82) is 0 Å². The van der Waals surface area contributed by atoms with Crippen LogP contribution in [0.5, 0.6) is 0 Å². The molecule has 1 saturated heterocycles. The van der Waals surface area contributed by atoms with Crippen LogP contribution in [-0.4, -0.2) is 13.1 Å². The predicted molar refractivity (Wildman–Crippen MR) is 68.2 cm³/mol. The molecule has 17 heavy (non-hydrogen) atoms. The van der Waals surface area contributed by atoms with Crippen LogP contribution in [0.3, 0.4) is 0 Å². The fourth-order valence-electron chi connectivity index (χ4n) is 2.33. The third kappa shape index (κ3) is 3.26. The van der Waals surface area contributed by atoms with Crippen molar-refractivity contribution in [3.8, 4) is 0 Å². The quantitative estimate of drug-likeness (QED) is 0.892. The minimum Gasteiger partial charge on any atom is -0.316 e. The van der Waals surface area contributed by atoms with E-state index in [2.05, 4.69) is 21.2 Å². The Hall–Kier alpha value is -0.480. The first-order valence-corrected chi connectivity index (χ1v) is 6.72. The van der Waals surface area contributed by atoms with Crippen molar-refractivity contribution >= 4 is 15.9 Å². The van der Waals surface area contributed by atoms with Gasteiger partial charge in [0.2, 0.25) is 0 Å². The highest BCUT2D eigenvalue weighted by Gasteiger charge is 2.36. The first kappa shape index (κ1) is 13.0. The Morgan fingerprint density at radius 2 is 2.12 bits per heavy atom. The van der Waals surface area contributed by atoms with Crippen molar-refractivity contribution in [1.82, 2.24) is 5.32 Å². The zero-order valence-corrected chi connectivity index (χ0v) is 11.1. The smallest absolute Gasteiger partial charge is 0.274 e. The van der Waals surface area contributed by atoms with E-state index in [1.165, 1.54) is 6.07 Å². The lowest BCUT2D eigenvalue weighted by atomic mass is 9.90. The Kier molecular flexibility index (Phi) is 4.15. The second-order valence-electron chi connectivity index (χ2n) is 4.60. The number of hydrogen-bond donors (Lipinski definition) is 1. The van der Waals surface area contributed by atoms with Gasteiger partial charge in [-0.1, -0.05) is 34.1 Å². The average Bonchev–Trinajstić information content (AvgIpc) is 2.30. The monoisotopic (exact) mass is 303 g/mol. The van der Waals surface area contributed by atoms with Crippen molar-refractivity contribution in [3.05, 3.63) is 34.3 Å². The summed E-state index contributed by atoms with van der Waals surface area (Å²) in [5.74, 6) is -2.67. The third-order valence-electron chi connectivity index (χ3n) is 3.21. The van der Waals surface area contributed by atoms with Gasteiger partial charge in [-0.05, 0) is 37.9 Å². The molecule has 0 bridgehead atoms. The van der Waals surface area contributed by atoms with E-state index in [-0.39, 0.29) is 17.9 Å². The topological polar surface area (TPSA) is 12.0 Å². The van der Waals surface area contributed by atoms with E-state index in [9.17, 15) is 8.78 Å². The van der Waals surface area contributed by atoms with Gasteiger partial charge in [0, 0.05) is 16.5 Å². The van der Waals surface area contributed by atoms with Gasteiger partial charge in [0.05, 0.1) is 0 Å². The van der Waals surface area contributed by atoms with Gasteiger partial charge >= 0.3 is 0 Å². The lowest BCUT2D eigenvalue weighted by Crippen LogP contribution is -2.33.